The number of hydrogen-bond acceptors (Lipinski definition) is 3. The van der Waals surface area contributed by atoms with Crippen LogP contribution in [0.15, 0.2) is 48.7 Å². The fourth-order valence-electron chi connectivity index (χ4n) is 2.33. The number of benzene rings is 1. The first-order valence-corrected chi connectivity index (χ1v) is 6.79. The van der Waals surface area contributed by atoms with Gasteiger partial charge in [-0.25, -0.2) is 4.98 Å². The summed E-state index contributed by atoms with van der Waals surface area (Å²) in [5.74, 6) is 1.89. The normalized spacial score (nSPS) is 14.6. The van der Waals surface area contributed by atoms with Gasteiger partial charge in [0.25, 0.3) is 0 Å². The van der Waals surface area contributed by atoms with Crippen molar-refractivity contribution < 1.29 is 4.74 Å². The molecule has 2 heterocycles. The first-order valence-electron chi connectivity index (χ1n) is 6.79. The summed E-state index contributed by atoms with van der Waals surface area (Å²) in [5, 5.41) is 0. The maximum atomic E-state index is 5.73. The molecule has 0 saturated carbocycles. The molecule has 3 heteroatoms. The Morgan fingerprint density at radius 1 is 1.00 bits per heavy atom. The zero-order chi connectivity index (χ0) is 12.9. The van der Waals surface area contributed by atoms with Gasteiger partial charge in [0, 0.05) is 13.1 Å². The Labute approximate surface area is 113 Å². The number of hydrogen-bond donors (Lipinski definition) is 0. The van der Waals surface area contributed by atoms with Crippen LogP contribution >= 0.6 is 0 Å². The maximum absolute atomic E-state index is 5.73. The number of rotatable bonds is 4. The molecule has 1 aromatic carbocycles. The SMILES string of the molecule is c1ccc(COc2ccc(N3CCCC3)nc2)cc1. The second-order valence-corrected chi connectivity index (χ2v) is 4.82. The first-order chi connectivity index (χ1) is 9.42. The van der Waals surface area contributed by atoms with E-state index in [1.165, 1.54) is 18.4 Å². The molecular weight excluding hydrogens is 236 g/mol. The molecule has 1 fully saturated rings. The van der Waals surface area contributed by atoms with Gasteiger partial charge in [0.1, 0.15) is 18.2 Å². The number of ether oxygens (including phenoxy) is 1. The molecule has 0 spiro atoms. The summed E-state index contributed by atoms with van der Waals surface area (Å²) in [6.45, 7) is 2.83. The predicted molar refractivity (Wildman–Crippen MR) is 76.5 cm³/mol. The highest BCUT2D eigenvalue weighted by molar-refractivity contribution is 5.41. The Hall–Kier alpha value is -2.03. The summed E-state index contributed by atoms with van der Waals surface area (Å²) in [7, 11) is 0. The molecule has 3 rings (SSSR count). The standard InChI is InChI=1S/C16H18N2O/c1-2-6-14(7-3-1)13-19-15-8-9-16(17-12-15)18-10-4-5-11-18/h1-3,6-9,12H,4-5,10-11,13H2. The van der Waals surface area contributed by atoms with E-state index in [2.05, 4.69) is 22.0 Å². The van der Waals surface area contributed by atoms with Gasteiger partial charge in [-0.3, -0.25) is 0 Å². The topological polar surface area (TPSA) is 25.4 Å². The van der Waals surface area contributed by atoms with Gasteiger partial charge < -0.3 is 9.64 Å². The molecule has 0 amide bonds. The maximum Gasteiger partial charge on any atom is 0.138 e. The molecule has 1 aromatic heterocycles. The van der Waals surface area contributed by atoms with Crippen LogP contribution in [0.4, 0.5) is 5.82 Å². The van der Waals surface area contributed by atoms with Crippen LogP contribution in [0.1, 0.15) is 18.4 Å². The lowest BCUT2D eigenvalue weighted by Crippen LogP contribution is -2.18. The summed E-state index contributed by atoms with van der Waals surface area (Å²) in [6.07, 6.45) is 4.36. The quantitative estimate of drug-likeness (QED) is 0.837. The minimum atomic E-state index is 0.589. The second kappa shape index (κ2) is 5.74. The summed E-state index contributed by atoms with van der Waals surface area (Å²) in [4.78, 5) is 6.79. The van der Waals surface area contributed by atoms with E-state index >= 15 is 0 Å². The molecule has 0 atom stereocenters. The van der Waals surface area contributed by atoms with E-state index in [0.717, 1.165) is 24.7 Å². The minimum absolute atomic E-state index is 0.589. The lowest BCUT2D eigenvalue weighted by molar-refractivity contribution is 0.305. The van der Waals surface area contributed by atoms with Gasteiger partial charge in [-0.2, -0.15) is 0 Å². The summed E-state index contributed by atoms with van der Waals surface area (Å²) < 4.78 is 5.73. The third kappa shape index (κ3) is 3.05. The van der Waals surface area contributed by atoms with Gasteiger partial charge in [0.05, 0.1) is 6.20 Å². The monoisotopic (exact) mass is 254 g/mol. The van der Waals surface area contributed by atoms with E-state index in [1.807, 2.05) is 36.5 Å². The van der Waals surface area contributed by atoms with Crippen LogP contribution in [-0.4, -0.2) is 18.1 Å². The van der Waals surface area contributed by atoms with Crippen LogP contribution in [0.25, 0.3) is 0 Å². The fourth-order valence-corrected chi connectivity index (χ4v) is 2.33. The summed E-state index contributed by atoms with van der Waals surface area (Å²) in [5.41, 5.74) is 1.17. The number of aromatic nitrogens is 1. The van der Waals surface area contributed by atoms with Crippen molar-refractivity contribution in [1.82, 2.24) is 4.98 Å². The van der Waals surface area contributed by atoms with E-state index < -0.39 is 0 Å². The highest BCUT2D eigenvalue weighted by Crippen LogP contribution is 2.20. The molecule has 0 aliphatic carbocycles. The van der Waals surface area contributed by atoms with Crippen LogP contribution in [0, 0.1) is 0 Å². The lowest BCUT2D eigenvalue weighted by Gasteiger charge is -2.16. The van der Waals surface area contributed by atoms with Crippen LogP contribution in [-0.2, 0) is 6.61 Å². The Morgan fingerprint density at radius 2 is 1.79 bits per heavy atom. The van der Waals surface area contributed by atoms with Gasteiger partial charge in [0.2, 0.25) is 0 Å². The summed E-state index contributed by atoms with van der Waals surface area (Å²) in [6, 6.07) is 14.2. The average molecular weight is 254 g/mol. The van der Waals surface area contributed by atoms with Gasteiger partial charge in [-0.05, 0) is 30.5 Å². The van der Waals surface area contributed by atoms with Gasteiger partial charge in [0.15, 0.2) is 0 Å². The smallest absolute Gasteiger partial charge is 0.138 e. The van der Waals surface area contributed by atoms with E-state index in [9.17, 15) is 0 Å². The van der Waals surface area contributed by atoms with Crippen LogP contribution in [0.5, 0.6) is 5.75 Å². The van der Waals surface area contributed by atoms with Crippen LogP contribution in [0.2, 0.25) is 0 Å². The lowest BCUT2D eigenvalue weighted by atomic mass is 10.2. The molecule has 1 saturated heterocycles. The molecule has 98 valence electrons. The van der Waals surface area contributed by atoms with Gasteiger partial charge in [-0.1, -0.05) is 30.3 Å². The van der Waals surface area contributed by atoms with E-state index in [4.69, 9.17) is 4.74 Å². The van der Waals surface area contributed by atoms with Crippen LogP contribution in [0.3, 0.4) is 0 Å². The Balaban J connectivity index is 1.60. The number of nitrogens with zero attached hydrogens (tertiary/aromatic N) is 2. The molecule has 1 aliphatic heterocycles. The van der Waals surface area contributed by atoms with Crippen molar-refractivity contribution in [3.05, 3.63) is 54.2 Å². The van der Waals surface area contributed by atoms with Gasteiger partial charge in [-0.15, -0.1) is 0 Å². The third-order valence-electron chi connectivity index (χ3n) is 3.40. The molecule has 2 aromatic rings. The Bertz CT molecular complexity index is 504. The van der Waals surface area contributed by atoms with Crippen molar-refractivity contribution in [3.63, 3.8) is 0 Å². The minimum Gasteiger partial charge on any atom is -0.487 e. The van der Waals surface area contributed by atoms with E-state index in [1.54, 1.807) is 0 Å². The fraction of sp³-hybridized carbons (Fsp3) is 0.312. The highest BCUT2D eigenvalue weighted by atomic mass is 16.5. The molecule has 0 unspecified atom stereocenters. The molecule has 0 bridgehead atoms. The van der Waals surface area contributed by atoms with Crippen molar-refractivity contribution in [2.45, 2.75) is 19.4 Å². The molecule has 0 radical (unpaired) electrons. The highest BCUT2D eigenvalue weighted by Gasteiger charge is 2.12. The van der Waals surface area contributed by atoms with Crippen molar-refractivity contribution in [2.75, 3.05) is 18.0 Å². The molecule has 0 N–H and O–H groups in total. The second-order valence-electron chi connectivity index (χ2n) is 4.82. The van der Waals surface area contributed by atoms with E-state index in [0.29, 0.717) is 6.61 Å². The van der Waals surface area contributed by atoms with Gasteiger partial charge >= 0.3 is 0 Å². The molecule has 19 heavy (non-hydrogen) atoms. The Morgan fingerprint density at radius 3 is 2.47 bits per heavy atom. The molecule has 1 aliphatic rings. The molecule has 3 nitrogen and oxygen atoms in total. The average Bonchev–Trinajstić information content (AvgIpc) is 3.01. The largest absolute Gasteiger partial charge is 0.487 e. The first kappa shape index (κ1) is 12.0. The van der Waals surface area contributed by atoms with Crippen molar-refractivity contribution in [2.24, 2.45) is 0 Å². The zero-order valence-corrected chi connectivity index (χ0v) is 11.0. The number of pyridine rings is 1. The van der Waals surface area contributed by atoms with Crippen molar-refractivity contribution in [3.8, 4) is 5.75 Å². The van der Waals surface area contributed by atoms with Crippen molar-refractivity contribution in [1.29, 1.82) is 0 Å². The Kier molecular flexibility index (Phi) is 3.63. The van der Waals surface area contributed by atoms with Crippen molar-refractivity contribution >= 4 is 5.82 Å². The molecular formula is C16H18N2O. The number of anilines is 1. The van der Waals surface area contributed by atoms with Crippen LogP contribution < -0.4 is 9.64 Å². The summed E-state index contributed by atoms with van der Waals surface area (Å²) >= 11 is 0. The predicted octanol–water partition coefficient (Wildman–Crippen LogP) is 3.26. The zero-order valence-electron chi connectivity index (χ0n) is 11.0. The third-order valence-corrected chi connectivity index (χ3v) is 3.40. The van der Waals surface area contributed by atoms with E-state index in [-0.39, 0.29) is 0 Å².